The highest BCUT2D eigenvalue weighted by Gasteiger charge is 2.37. The molecular weight excluding hydrogens is 947 g/mol. The molecule has 0 aliphatic carbocycles. The van der Waals surface area contributed by atoms with Crippen molar-refractivity contribution >= 4 is 89.0 Å². The molecule has 0 spiro atoms. The standard InChI is InChI=1S/C65H65N3O2S2Si/c1-46(2)71-69-73(9,70-72-47(3)4)65-12-10-11-64(45-65)68(62-41-25-54(26-42-62)52-21-37-60(38-22-52)66(56-29-13-48(5)14-30-56)57-31-15-49(6)16-32-57)63-43-27-55(28-44-63)53-23-39-61(40-24-53)67(58-33-17-50(7)18-34-58)59-35-19-51(8)20-36-59/h10-47H,1-9H3. The Balaban J connectivity index is 1.05. The van der Waals surface area contributed by atoms with E-state index in [1.807, 2.05) is 0 Å². The van der Waals surface area contributed by atoms with Crippen LogP contribution >= 0.6 is 24.1 Å². The van der Waals surface area contributed by atoms with Crippen molar-refractivity contribution in [2.24, 2.45) is 0 Å². The third kappa shape index (κ3) is 12.4. The topological polar surface area (TPSA) is 28.2 Å². The molecule has 0 aliphatic heterocycles. The molecular formula is C65H65N3O2S2Si. The molecule has 9 aromatic carbocycles. The van der Waals surface area contributed by atoms with Crippen LogP contribution in [0.5, 0.6) is 0 Å². The average Bonchev–Trinajstić information content (AvgIpc) is 3.41. The van der Waals surface area contributed by atoms with E-state index in [9.17, 15) is 0 Å². The first-order valence-corrected chi connectivity index (χ1v) is 29.1. The van der Waals surface area contributed by atoms with Crippen LogP contribution in [0.25, 0.3) is 22.3 Å². The Kier molecular flexibility index (Phi) is 16.1. The summed E-state index contributed by atoms with van der Waals surface area (Å²) >= 11 is 2.99. The van der Waals surface area contributed by atoms with Crippen LogP contribution in [0.2, 0.25) is 6.55 Å². The SMILES string of the molecule is Cc1ccc(N(c2ccc(C)cc2)c2ccc(-c3ccc(N(c4ccc(-c5ccc(N(c6ccc(C)cc6)c6ccc(C)cc6)cc5)cc4)c4cccc([Si](C)(OSC(C)C)OSC(C)C)c4)cc3)cc2)cc1. The zero-order chi connectivity index (χ0) is 51.1. The third-order valence-corrected chi connectivity index (χ3v) is 18.2. The van der Waals surface area contributed by atoms with Crippen LogP contribution in [0, 0.1) is 27.7 Å². The molecule has 5 nitrogen and oxygen atoms in total. The van der Waals surface area contributed by atoms with Crippen LogP contribution in [0.3, 0.4) is 0 Å². The molecule has 368 valence electrons. The van der Waals surface area contributed by atoms with Crippen molar-refractivity contribution in [2.75, 3.05) is 14.7 Å². The Hall–Kier alpha value is -6.78. The molecule has 0 N–H and O–H groups in total. The Morgan fingerprint density at radius 1 is 0.315 bits per heavy atom. The van der Waals surface area contributed by atoms with Gasteiger partial charge in [-0.15, -0.1) is 0 Å². The predicted octanol–water partition coefficient (Wildman–Crippen LogP) is 19.1. The van der Waals surface area contributed by atoms with E-state index < -0.39 is 8.56 Å². The van der Waals surface area contributed by atoms with Gasteiger partial charge in [-0.25, -0.2) is 0 Å². The van der Waals surface area contributed by atoms with Crippen molar-refractivity contribution in [3.63, 3.8) is 0 Å². The largest absolute Gasteiger partial charge is 0.392 e. The third-order valence-electron chi connectivity index (χ3n) is 12.8. The van der Waals surface area contributed by atoms with Crippen molar-refractivity contribution in [1.82, 2.24) is 0 Å². The maximum atomic E-state index is 6.66. The van der Waals surface area contributed by atoms with Gasteiger partial charge in [0.1, 0.15) is 0 Å². The van der Waals surface area contributed by atoms with Gasteiger partial charge in [-0.3, -0.25) is 0 Å². The highest BCUT2D eigenvalue weighted by molar-refractivity contribution is 7.97. The van der Waals surface area contributed by atoms with Gasteiger partial charge in [0.15, 0.2) is 0 Å². The van der Waals surface area contributed by atoms with Gasteiger partial charge in [0.25, 0.3) is 0 Å². The molecule has 73 heavy (non-hydrogen) atoms. The second-order valence-electron chi connectivity index (χ2n) is 19.5. The fourth-order valence-corrected chi connectivity index (χ4v) is 13.7. The Labute approximate surface area is 444 Å². The molecule has 0 heterocycles. The molecule has 0 aromatic heterocycles. The van der Waals surface area contributed by atoms with Gasteiger partial charge < -0.3 is 22.4 Å². The number of aryl methyl sites for hydroxylation is 4. The number of benzene rings is 9. The minimum Gasteiger partial charge on any atom is -0.322 e. The van der Waals surface area contributed by atoms with Crippen LogP contribution in [0.4, 0.5) is 51.2 Å². The van der Waals surface area contributed by atoms with E-state index in [1.165, 1.54) is 46.3 Å². The zero-order valence-electron chi connectivity index (χ0n) is 43.4. The molecule has 0 atom stereocenters. The molecule has 8 heteroatoms. The lowest BCUT2D eigenvalue weighted by Gasteiger charge is -2.30. The Bertz CT molecular complexity index is 2920. The summed E-state index contributed by atoms with van der Waals surface area (Å²) in [4.78, 5) is 6.97. The molecule has 9 rings (SSSR count). The maximum Gasteiger partial charge on any atom is 0.392 e. The molecule has 0 aliphatic rings. The number of hydrogen-bond donors (Lipinski definition) is 0. The van der Waals surface area contributed by atoms with E-state index in [0.29, 0.717) is 10.5 Å². The lowest BCUT2D eigenvalue weighted by molar-refractivity contribution is 0.483. The number of nitrogens with zero attached hydrogens (tertiary/aromatic N) is 3. The molecule has 0 fully saturated rings. The highest BCUT2D eigenvalue weighted by atomic mass is 32.2. The zero-order valence-corrected chi connectivity index (χ0v) is 46.0. The van der Waals surface area contributed by atoms with Crippen LogP contribution in [0.1, 0.15) is 49.9 Å². The van der Waals surface area contributed by atoms with Gasteiger partial charge >= 0.3 is 8.56 Å². The van der Waals surface area contributed by atoms with Crippen LogP contribution < -0.4 is 19.9 Å². The summed E-state index contributed by atoms with van der Waals surface area (Å²) in [6.07, 6.45) is 0. The summed E-state index contributed by atoms with van der Waals surface area (Å²) in [5, 5.41) is 1.66. The van der Waals surface area contributed by atoms with Crippen LogP contribution in [-0.2, 0) is 7.74 Å². The Morgan fingerprint density at radius 2 is 0.548 bits per heavy atom. The fraction of sp³-hybridized carbons (Fsp3) is 0.169. The molecule has 9 aromatic rings. The van der Waals surface area contributed by atoms with Gasteiger partial charge in [0.05, 0.1) is 0 Å². The van der Waals surface area contributed by atoms with Crippen molar-refractivity contribution in [3.05, 3.63) is 241 Å². The molecule has 0 saturated carbocycles. The van der Waals surface area contributed by atoms with Crippen molar-refractivity contribution < 1.29 is 7.74 Å². The highest BCUT2D eigenvalue weighted by Crippen LogP contribution is 2.41. The summed E-state index contributed by atoms with van der Waals surface area (Å²) < 4.78 is 13.3. The summed E-state index contributed by atoms with van der Waals surface area (Å²) in [5.74, 6) is 0. The quantitative estimate of drug-likeness (QED) is 0.0625. The number of rotatable bonds is 18. The summed E-state index contributed by atoms with van der Waals surface area (Å²) in [5.41, 5.74) is 19.4. The first-order valence-electron chi connectivity index (χ1n) is 25.2. The van der Waals surface area contributed by atoms with E-state index in [0.717, 1.165) is 78.6 Å². The molecule has 0 radical (unpaired) electrons. The van der Waals surface area contributed by atoms with E-state index in [4.69, 9.17) is 7.74 Å². The lowest BCUT2D eigenvalue weighted by Crippen LogP contribution is -2.48. The van der Waals surface area contributed by atoms with Crippen molar-refractivity contribution in [2.45, 2.75) is 72.4 Å². The van der Waals surface area contributed by atoms with Gasteiger partial charge in [-0.2, -0.15) is 0 Å². The van der Waals surface area contributed by atoms with Crippen molar-refractivity contribution in [3.8, 4) is 22.3 Å². The number of hydrogen-bond acceptors (Lipinski definition) is 7. The molecule has 0 bridgehead atoms. The average molecular weight is 1010 g/mol. The van der Waals surface area contributed by atoms with E-state index in [2.05, 4.69) is 295 Å². The van der Waals surface area contributed by atoms with Gasteiger partial charge in [0, 0.05) is 61.7 Å². The number of anilines is 9. The molecule has 0 saturated heterocycles. The summed E-state index contributed by atoms with van der Waals surface area (Å²) in [6.45, 7) is 19.3. The van der Waals surface area contributed by atoms with Gasteiger partial charge in [0.2, 0.25) is 0 Å². The lowest BCUT2D eigenvalue weighted by atomic mass is 10.0. The van der Waals surface area contributed by atoms with E-state index >= 15 is 0 Å². The molecule has 0 unspecified atom stereocenters. The van der Waals surface area contributed by atoms with Crippen molar-refractivity contribution in [1.29, 1.82) is 0 Å². The fourth-order valence-electron chi connectivity index (χ4n) is 8.74. The smallest absolute Gasteiger partial charge is 0.322 e. The minimum absolute atomic E-state index is 0.296. The normalized spacial score (nSPS) is 11.5. The van der Waals surface area contributed by atoms with E-state index in [1.54, 1.807) is 0 Å². The first kappa shape index (κ1) is 51.1. The second kappa shape index (κ2) is 23.0. The minimum atomic E-state index is -2.87. The second-order valence-corrected chi connectivity index (χ2v) is 25.6. The van der Waals surface area contributed by atoms with E-state index in [-0.39, 0.29) is 0 Å². The predicted molar refractivity (Wildman–Crippen MR) is 319 cm³/mol. The summed E-state index contributed by atoms with van der Waals surface area (Å²) in [6, 6.07) is 79.3. The first-order chi connectivity index (χ1) is 35.3. The molecule has 0 amide bonds. The van der Waals surface area contributed by atoms with Gasteiger partial charge in [-0.1, -0.05) is 159 Å². The Morgan fingerprint density at radius 3 is 0.795 bits per heavy atom. The maximum absolute atomic E-state index is 6.66. The van der Waals surface area contributed by atoms with Crippen LogP contribution in [-0.4, -0.2) is 19.1 Å². The monoisotopic (exact) mass is 1010 g/mol. The summed E-state index contributed by atoms with van der Waals surface area (Å²) in [7, 11) is -2.87. The van der Waals surface area contributed by atoms with Crippen LogP contribution in [0.15, 0.2) is 218 Å². The van der Waals surface area contributed by atoms with Gasteiger partial charge in [-0.05, 0) is 195 Å².